The number of anilines is 2. The van der Waals surface area contributed by atoms with Crippen LogP contribution in [-0.4, -0.2) is 25.4 Å². The molecule has 1 amide bonds. The number of fused-ring (bicyclic) bond motifs is 1. The number of benzene rings is 5. The second-order valence-corrected chi connectivity index (χ2v) is 12.8. The first-order valence-electron chi connectivity index (χ1n) is 16.7. The highest BCUT2D eigenvalue weighted by Gasteiger charge is 2.42. The van der Waals surface area contributed by atoms with Crippen LogP contribution in [0.2, 0.25) is 5.02 Å². The molecule has 5 aromatic rings. The third-order valence-electron chi connectivity index (χ3n) is 9.21. The molecule has 0 bridgehead atoms. The maximum atomic E-state index is 14.7. The minimum Gasteiger partial charge on any atom is -0.497 e. The summed E-state index contributed by atoms with van der Waals surface area (Å²) in [6.45, 7) is 2.63. The number of amides is 1. The van der Waals surface area contributed by atoms with E-state index in [4.69, 9.17) is 25.8 Å². The van der Waals surface area contributed by atoms with Crippen LogP contribution >= 0.6 is 11.6 Å². The van der Waals surface area contributed by atoms with Crippen LogP contribution in [0.15, 0.2) is 133 Å². The van der Waals surface area contributed by atoms with Gasteiger partial charge in [-0.15, -0.1) is 0 Å². The number of ether oxygens (including phenoxy) is 3. The predicted octanol–water partition coefficient (Wildman–Crippen LogP) is 9.54. The molecule has 0 saturated heterocycles. The van der Waals surface area contributed by atoms with Crippen LogP contribution in [0.3, 0.4) is 0 Å². The third kappa shape index (κ3) is 6.69. The van der Waals surface area contributed by atoms with Gasteiger partial charge in [0.05, 0.1) is 31.1 Å². The van der Waals surface area contributed by atoms with Gasteiger partial charge >= 0.3 is 0 Å². The number of nitrogens with one attached hydrogen (secondary N) is 1. The highest BCUT2D eigenvalue weighted by molar-refractivity contribution is 6.30. The number of Topliss-reactive ketones (excluding diaryl/α,β-unsaturated/α-hetero) is 1. The van der Waals surface area contributed by atoms with Crippen molar-refractivity contribution in [3.8, 4) is 17.2 Å². The van der Waals surface area contributed by atoms with Gasteiger partial charge in [-0.1, -0.05) is 72.3 Å². The summed E-state index contributed by atoms with van der Waals surface area (Å²) < 4.78 is 17.8. The van der Waals surface area contributed by atoms with Crippen LogP contribution in [-0.2, 0) is 11.4 Å². The fourth-order valence-electron chi connectivity index (χ4n) is 6.78. The minimum atomic E-state index is -0.748. The summed E-state index contributed by atoms with van der Waals surface area (Å²) in [6, 6.07) is 37.2. The molecule has 7 nitrogen and oxygen atoms in total. The average Bonchev–Trinajstić information content (AvgIpc) is 3.30. The Labute approximate surface area is 297 Å². The molecule has 1 heterocycles. The fraction of sp³-hybridized carbons (Fsp3) is 0.190. The second kappa shape index (κ2) is 14.5. The molecule has 1 aliphatic heterocycles. The van der Waals surface area contributed by atoms with E-state index in [0.717, 1.165) is 33.8 Å². The average molecular weight is 685 g/mol. The number of carbonyl (C=O) groups excluding carboxylic acids is 2. The maximum absolute atomic E-state index is 14.7. The molecule has 7 rings (SSSR count). The van der Waals surface area contributed by atoms with Crippen LogP contribution < -0.4 is 24.4 Å². The third-order valence-corrected chi connectivity index (χ3v) is 9.46. The molecule has 1 aliphatic carbocycles. The molecule has 5 aromatic carbocycles. The van der Waals surface area contributed by atoms with Crippen LogP contribution in [0, 0.1) is 0 Å². The quantitative estimate of drug-likeness (QED) is 0.167. The number of hydrogen-bond donors (Lipinski definition) is 1. The Kier molecular flexibility index (Phi) is 9.58. The summed E-state index contributed by atoms with van der Waals surface area (Å²) in [4.78, 5) is 31.0. The lowest BCUT2D eigenvalue weighted by atomic mass is 9.78. The molecule has 2 aliphatic rings. The smallest absolute Gasteiger partial charge is 0.259 e. The summed E-state index contributed by atoms with van der Waals surface area (Å²) in [5, 5.41) is 4.27. The van der Waals surface area contributed by atoms with Gasteiger partial charge in [-0.25, -0.2) is 0 Å². The van der Waals surface area contributed by atoms with E-state index in [1.54, 1.807) is 24.1 Å². The van der Waals surface area contributed by atoms with Gasteiger partial charge in [-0.3, -0.25) is 14.5 Å². The fourth-order valence-corrected chi connectivity index (χ4v) is 6.91. The lowest BCUT2D eigenvalue weighted by molar-refractivity contribution is -0.116. The topological polar surface area (TPSA) is 77.1 Å². The molecule has 50 heavy (non-hydrogen) atoms. The summed E-state index contributed by atoms with van der Waals surface area (Å²) in [6.07, 6.45) is 0.889. The van der Waals surface area contributed by atoms with Gasteiger partial charge in [0, 0.05) is 28.3 Å². The first kappa shape index (κ1) is 33.0. The Morgan fingerprint density at radius 2 is 1.54 bits per heavy atom. The second-order valence-electron chi connectivity index (χ2n) is 12.3. The van der Waals surface area contributed by atoms with E-state index in [0.29, 0.717) is 59.4 Å². The number of ketones is 1. The van der Waals surface area contributed by atoms with E-state index in [1.165, 1.54) is 0 Å². The Morgan fingerprint density at radius 1 is 0.820 bits per heavy atom. The summed E-state index contributed by atoms with van der Waals surface area (Å²) in [5.41, 5.74) is 6.05. The molecule has 8 heteroatoms. The zero-order chi connectivity index (χ0) is 34.6. The highest BCUT2D eigenvalue weighted by Crippen LogP contribution is 2.49. The van der Waals surface area contributed by atoms with Gasteiger partial charge in [0.1, 0.15) is 12.4 Å². The first-order valence-corrected chi connectivity index (χ1v) is 17.1. The Morgan fingerprint density at radius 3 is 2.28 bits per heavy atom. The van der Waals surface area contributed by atoms with E-state index in [-0.39, 0.29) is 17.6 Å². The first-order chi connectivity index (χ1) is 24.4. The maximum Gasteiger partial charge on any atom is 0.259 e. The van der Waals surface area contributed by atoms with E-state index in [2.05, 4.69) is 5.32 Å². The number of hydrogen-bond acceptors (Lipinski definition) is 6. The number of methoxy groups -OCH3 is 1. The molecule has 0 aromatic heterocycles. The van der Waals surface area contributed by atoms with Gasteiger partial charge in [-0.05, 0) is 96.6 Å². The van der Waals surface area contributed by atoms with Gasteiger partial charge in [0.25, 0.3) is 5.91 Å². The lowest BCUT2D eigenvalue weighted by Gasteiger charge is -2.35. The lowest BCUT2D eigenvalue weighted by Crippen LogP contribution is -2.38. The van der Waals surface area contributed by atoms with Crippen molar-refractivity contribution in [2.24, 2.45) is 0 Å². The Balaban J connectivity index is 1.36. The molecular formula is C42H37ClN2O5. The van der Waals surface area contributed by atoms with Gasteiger partial charge in [0.2, 0.25) is 0 Å². The minimum absolute atomic E-state index is 0.0238. The summed E-state index contributed by atoms with van der Waals surface area (Å²) >= 11 is 6.09. The van der Waals surface area contributed by atoms with Crippen molar-refractivity contribution in [1.29, 1.82) is 0 Å². The number of nitrogens with zero attached hydrogens (tertiary/aromatic N) is 1. The van der Waals surface area contributed by atoms with E-state index >= 15 is 0 Å². The van der Waals surface area contributed by atoms with Crippen molar-refractivity contribution >= 4 is 34.7 Å². The van der Waals surface area contributed by atoms with Crippen LogP contribution in [0.1, 0.15) is 58.8 Å². The largest absolute Gasteiger partial charge is 0.497 e. The molecule has 0 unspecified atom stereocenters. The zero-order valence-electron chi connectivity index (χ0n) is 27.9. The molecule has 252 valence electrons. The van der Waals surface area contributed by atoms with Gasteiger partial charge < -0.3 is 19.5 Å². The van der Waals surface area contributed by atoms with Gasteiger partial charge in [0.15, 0.2) is 17.3 Å². The Bertz CT molecular complexity index is 2040. The number of halogens is 1. The standard InChI is InChI=1S/C42H37ClN2O5/c1-3-49-39-25-30(17-22-38(39)50-26-27-13-18-32(43)19-14-27)41-40-35(23-31(24-37(40)46)28-15-20-33(48-2)21-16-28)44-34-11-7-8-12-36(34)45(41)42(47)29-9-5-4-6-10-29/h4-22,25,31,41,44H,3,23-24,26H2,1-2H3/t31-,41-/m1/s1. The van der Waals surface area contributed by atoms with Crippen molar-refractivity contribution in [3.05, 3.63) is 160 Å². The molecule has 2 atom stereocenters. The summed E-state index contributed by atoms with van der Waals surface area (Å²) in [5.74, 6) is 1.55. The molecule has 1 N–H and O–H groups in total. The normalized spacial score (nSPS) is 16.9. The number of para-hydroxylation sites is 2. The molecule has 0 fully saturated rings. The van der Waals surface area contributed by atoms with Crippen molar-refractivity contribution in [1.82, 2.24) is 0 Å². The number of carbonyl (C=O) groups is 2. The summed E-state index contributed by atoms with van der Waals surface area (Å²) in [7, 11) is 1.64. The molecule has 0 radical (unpaired) electrons. The predicted molar refractivity (Wildman–Crippen MR) is 196 cm³/mol. The van der Waals surface area contributed by atoms with Crippen LogP contribution in [0.5, 0.6) is 17.2 Å². The van der Waals surface area contributed by atoms with Crippen molar-refractivity contribution in [2.75, 3.05) is 23.9 Å². The van der Waals surface area contributed by atoms with E-state index in [9.17, 15) is 9.59 Å². The number of allylic oxidation sites excluding steroid dienone is 1. The van der Waals surface area contributed by atoms with Crippen molar-refractivity contribution in [3.63, 3.8) is 0 Å². The molecule has 0 saturated carbocycles. The van der Waals surface area contributed by atoms with Gasteiger partial charge in [-0.2, -0.15) is 0 Å². The number of rotatable bonds is 9. The molecule has 0 spiro atoms. The zero-order valence-corrected chi connectivity index (χ0v) is 28.7. The Hall–Kier alpha value is -5.53. The highest BCUT2D eigenvalue weighted by atomic mass is 35.5. The van der Waals surface area contributed by atoms with E-state index in [1.807, 2.05) is 116 Å². The SMILES string of the molecule is CCOc1cc([C@@H]2C3=C(C[C@@H](c4ccc(OC)cc4)CC3=O)Nc3ccccc3N2C(=O)c2ccccc2)ccc1OCc1ccc(Cl)cc1. The van der Waals surface area contributed by atoms with Crippen LogP contribution in [0.4, 0.5) is 11.4 Å². The monoisotopic (exact) mass is 684 g/mol. The van der Waals surface area contributed by atoms with E-state index < -0.39 is 6.04 Å². The molecular weight excluding hydrogens is 648 g/mol. The van der Waals surface area contributed by atoms with Crippen LogP contribution in [0.25, 0.3) is 0 Å². The van der Waals surface area contributed by atoms with Crippen molar-refractivity contribution < 1.29 is 23.8 Å². The van der Waals surface area contributed by atoms with Crippen molar-refractivity contribution in [2.45, 2.75) is 38.3 Å².